The fraction of sp³-hybridized carbons (Fsp3) is 0.374. The molecule has 25 heteroatoms. The van der Waals surface area contributed by atoms with Gasteiger partial charge in [0.05, 0.1) is 65.9 Å². The van der Waals surface area contributed by atoms with E-state index in [1.807, 2.05) is 71.1 Å². The number of fused-ring (bicyclic) bond motifs is 3. The number of nitrogens with zero attached hydrogens (tertiary/aromatic N) is 17. The number of amides is 3. The maximum absolute atomic E-state index is 15.1. The number of piperazine rings is 3. The molecular weight excluding hydrogens is 1620 g/mol. The van der Waals surface area contributed by atoms with Gasteiger partial charge >= 0.3 is 0 Å². The van der Waals surface area contributed by atoms with Crippen LogP contribution in [-0.2, 0) is 39.2 Å². The maximum atomic E-state index is 15.1. The van der Waals surface area contributed by atoms with Crippen molar-refractivity contribution in [1.82, 2.24) is 54.2 Å². The summed E-state index contributed by atoms with van der Waals surface area (Å²) < 4.78 is 30.0. The molecule has 20 nitrogen and oxygen atoms in total. The van der Waals surface area contributed by atoms with Crippen LogP contribution in [0.3, 0.4) is 0 Å². The number of aryl methyl sites for hydroxylation is 4. The van der Waals surface area contributed by atoms with E-state index in [-0.39, 0.29) is 76.9 Å². The van der Waals surface area contributed by atoms with Crippen molar-refractivity contribution < 1.29 is 23.2 Å². The van der Waals surface area contributed by atoms with Gasteiger partial charge in [0.15, 0.2) is 0 Å². The summed E-state index contributed by atoms with van der Waals surface area (Å²) in [7, 11) is 4.13. The van der Waals surface area contributed by atoms with Gasteiger partial charge in [-0.3, -0.25) is 19.4 Å². The van der Waals surface area contributed by atoms with Crippen LogP contribution in [-0.4, -0.2) is 199 Å². The summed E-state index contributed by atoms with van der Waals surface area (Å²) >= 11 is 20.7. The molecule has 6 unspecified atom stereocenters. The SMILES string of the molecule is C=CC(=O)N1CC(C)N(C2=NCN(c3c(C)ccnc3C(C)C)c3nc(-c4ccccc4C)c(Cl)cc32)CC1C.C=CC(=O)N1CC(C)N(C2=NCN(c3c(CC)cccc3CC)c3nc(-c4ccccc4F)c(Cl)cc32)CC1C.C=CC(=O)N1CC(C)N(C2=NCN(c3ccc(CN(C)C)cc3C(C)(C)C)c3nc(-c4ccccc4F)c(Cl)cc32)CC1C. The highest BCUT2D eigenvalue weighted by Crippen LogP contribution is 2.47. The van der Waals surface area contributed by atoms with Gasteiger partial charge < -0.3 is 49.0 Å². The number of halogens is 5. The Labute approximate surface area is 745 Å². The highest BCUT2D eigenvalue weighted by molar-refractivity contribution is 6.35. The van der Waals surface area contributed by atoms with Gasteiger partial charge in [-0.2, -0.15) is 0 Å². The van der Waals surface area contributed by atoms with Crippen LogP contribution in [0.25, 0.3) is 33.8 Å². The molecule has 10 heterocycles. The van der Waals surface area contributed by atoms with Crippen LogP contribution in [0, 0.1) is 25.5 Å². The molecule has 0 N–H and O–H groups in total. The van der Waals surface area contributed by atoms with Gasteiger partial charge in [-0.15, -0.1) is 0 Å². The van der Waals surface area contributed by atoms with Crippen LogP contribution in [0.2, 0.25) is 15.1 Å². The Kier molecular flexibility index (Phi) is 27.8. The summed E-state index contributed by atoms with van der Waals surface area (Å²) in [5.41, 5.74) is 16.7. The first kappa shape index (κ1) is 90.6. The average molecular weight is 1730 g/mol. The minimum Gasteiger partial charge on any atom is -0.350 e. The molecule has 0 saturated carbocycles. The van der Waals surface area contributed by atoms with Crippen LogP contribution >= 0.6 is 34.8 Å². The van der Waals surface area contributed by atoms with E-state index in [4.69, 9.17) is 69.7 Å². The highest BCUT2D eigenvalue weighted by atomic mass is 35.5. The molecule has 6 atom stereocenters. The Balaban J connectivity index is 0.000000160. The zero-order valence-electron chi connectivity index (χ0n) is 74.4. The molecule has 3 amide bonds. The average Bonchev–Trinajstić information content (AvgIpc) is 0.749. The number of benzene rings is 5. The first-order valence-electron chi connectivity index (χ1n) is 42.8. The molecule has 0 aliphatic carbocycles. The molecule has 15 rings (SSSR count). The topological polar surface area (TPSA) is 172 Å². The van der Waals surface area contributed by atoms with Crippen molar-refractivity contribution in [3.8, 4) is 33.8 Å². The van der Waals surface area contributed by atoms with Crippen molar-refractivity contribution in [2.24, 2.45) is 15.0 Å². The smallest absolute Gasteiger partial charge is 0.246 e. The van der Waals surface area contributed by atoms with E-state index < -0.39 is 0 Å². The Hall–Kier alpha value is -11.2. The molecule has 6 aliphatic heterocycles. The van der Waals surface area contributed by atoms with E-state index in [1.54, 1.807) is 36.4 Å². The highest BCUT2D eigenvalue weighted by Gasteiger charge is 2.42. The van der Waals surface area contributed by atoms with E-state index in [2.05, 4.69) is 207 Å². The quantitative estimate of drug-likeness (QED) is 0.0941. The van der Waals surface area contributed by atoms with Gasteiger partial charge in [0.25, 0.3) is 0 Å². The van der Waals surface area contributed by atoms with Gasteiger partial charge in [-0.05, 0) is 200 Å². The van der Waals surface area contributed by atoms with Gasteiger partial charge in [0, 0.05) is 111 Å². The minimum atomic E-state index is -0.382. The fourth-order valence-corrected chi connectivity index (χ4v) is 18.5. The van der Waals surface area contributed by atoms with Crippen molar-refractivity contribution in [3.05, 3.63) is 260 Å². The van der Waals surface area contributed by atoms with Crippen molar-refractivity contribution in [2.45, 2.75) is 171 Å². The number of aromatic nitrogens is 4. The van der Waals surface area contributed by atoms with Gasteiger partial charge in [-0.1, -0.05) is 182 Å². The summed E-state index contributed by atoms with van der Waals surface area (Å²) in [4.78, 5) is 94.0. The van der Waals surface area contributed by atoms with E-state index in [0.29, 0.717) is 108 Å². The molecule has 0 spiro atoms. The van der Waals surface area contributed by atoms with Crippen LogP contribution < -0.4 is 14.7 Å². The van der Waals surface area contributed by atoms with E-state index in [0.717, 1.165) is 105 Å². The number of amidine groups is 3. The van der Waals surface area contributed by atoms with E-state index >= 15 is 4.39 Å². The van der Waals surface area contributed by atoms with Crippen molar-refractivity contribution in [2.75, 3.05) is 88.1 Å². The Bertz CT molecular complexity index is 5500. The van der Waals surface area contributed by atoms with Crippen LogP contribution in [0.4, 0.5) is 43.3 Å². The first-order valence-corrected chi connectivity index (χ1v) is 43.9. The van der Waals surface area contributed by atoms with Gasteiger partial charge in [0.1, 0.15) is 66.6 Å². The second-order valence-corrected chi connectivity index (χ2v) is 35.8. The number of hydrogen-bond acceptors (Lipinski definition) is 17. The number of rotatable bonds is 14. The van der Waals surface area contributed by atoms with Crippen molar-refractivity contribution in [1.29, 1.82) is 0 Å². The number of pyridine rings is 4. The predicted octanol–water partition coefficient (Wildman–Crippen LogP) is 20.0. The molecule has 9 aromatic rings. The summed E-state index contributed by atoms with van der Waals surface area (Å²) in [5, 5.41) is 1.29. The summed E-state index contributed by atoms with van der Waals surface area (Å²) in [6.07, 6.45) is 7.71. The lowest BCUT2D eigenvalue weighted by Gasteiger charge is -2.46. The number of carbonyl (C=O) groups excluding carboxylic acids is 3. The molecule has 0 bridgehead atoms. The summed E-state index contributed by atoms with van der Waals surface area (Å²) in [5.74, 6) is 3.89. The lowest BCUT2D eigenvalue weighted by Crippen LogP contribution is -2.59. The standard InChI is InChI=1S/C35H42ClFN6O.C32H35ClFN5O.C32H37ClN6O/c1-9-31(44)41-18-23(3)42(19-22(41)2)33-26-17-28(36)32(25-12-10-11-13-29(25)37)39-34(26)43(21-38-33)30-15-14-24(20-40(7)8)16-27(30)35(4,5)6;1-6-22-12-11-13-23(7-2)30(22)39-19-35-31(38-18-20(4)37(17-21(38)5)28(40)8-3)25-16-26(33)29(36-32(25)39)24-14-9-10-15-27(24)34;1-8-27(40)37-16-23(7)38(17-22(37)6)31-25-15-26(33)29(24-12-10-9-11-20(24)4)36-32(25)39(18-35-31)30-21(5)13-14-34-28(30)19(2)3/h9-17,22-23H,1,18-21H2,2-8H3;8-16,20-21H,3,6-7,17-19H2,1-2,4-5H3;8-15,19,22-23H,1,16-18H2,2-7H3. The lowest BCUT2D eigenvalue weighted by molar-refractivity contribution is -0.131. The van der Waals surface area contributed by atoms with Crippen molar-refractivity contribution in [3.63, 3.8) is 0 Å². The maximum Gasteiger partial charge on any atom is 0.246 e. The third-order valence-corrected chi connectivity index (χ3v) is 25.0. The van der Waals surface area contributed by atoms with Crippen LogP contribution in [0.1, 0.15) is 152 Å². The second kappa shape index (κ2) is 38.1. The molecule has 0 radical (unpaired) electrons. The Morgan fingerprint density at radius 2 is 0.871 bits per heavy atom. The number of carbonyl (C=O) groups is 3. The molecule has 124 heavy (non-hydrogen) atoms. The zero-order chi connectivity index (χ0) is 89.2. The number of hydrogen-bond donors (Lipinski definition) is 0. The third-order valence-electron chi connectivity index (χ3n) is 24.1. The molecule has 3 saturated heterocycles. The number of para-hydroxylation sites is 1. The molecule has 648 valence electrons. The molecule has 3 fully saturated rings. The lowest BCUT2D eigenvalue weighted by atomic mass is 9.84. The van der Waals surface area contributed by atoms with E-state index in [9.17, 15) is 18.8 Å². The molecule has 4 aromatic heterocycles. The predicted molar refractivity (Wildman–Crippen MR) is 503 cm³/mol. The first-order chi connectivity index (χ1) is 59.2. The molecule has 6 aliphatic rings. The molecular formula is C99H114Cl3F2N17O3. The fourth-order valence-electron chi connectivity index (χ4n) is 17.7. The number of aliphatic imine (C=N–C) groups is 3. The number of anilines is 6. The van der Waals surface area contributed by atoms with Crippen LogP contribution in [0.5, 0.6) is 0 Å². The minimum absolute atomic E-state index is 0.00581. The summed E-state index contributed by atoms with van der Waals surface area (Å²) in [6.45, 7) is 48.4. The largest absolute Gasteiger partial charge is 0.350 e. The zero-order valence-corrected chi connectivity index (χ0v) is 76.6. The molecule has 5 aromatic carbocycles. The Morgan fingerprint density at radius 1 is 0.484 bits per heavy atom. The second-order valence-electron chi connectivity index (χ2n) is 34.6. The summed E-state index contributed by atoms with van der Waals surface area (Å²) in [6, 6.07) is 42.0. The van der Waals surface area contributed by atoms with E-state index in [1.165, 1.54) is 52.6 Å². The van der Waals surface area contributed by atoms with Gasteiger partial charge in [-0.25, -0.2) is 38.7 Å². The third kappa shape index (κ3) is 18.4. The van der Waals surface area contributed by atoms with Crippen LogP contribution in [0.15, 0.2) is 193 Å². The Morgan fingerprint density at radius 3 is 1.26 bits per heavy atom. The normalized spacial score (nSPS) is 18.9. The van der Waals surface area contributed by atoms with Gasteiger partial charge in [0.2, 0.25) is 17.7 Å². The monoisotopic (exact) mass is 1730 g/mol. The van der Waals surface area contributed by atoms with Crippen molar-refractivity contribution >= 4 is 105 Å².